The molecule has 2 N–H and O–H groups in total. The van der Waals surface area contributed by atoms with E-state index in [-0.39, 0.29) is 11.5 Å². The largest absolute Gasteiger partial charge is 0.445 e. The highest BCUT2D eigenvalue weighted by Crippen LogP contribution is 2.19. The van der Waals surface area contributed by atoms with Crippen molar-refractivity contribution in [2.45, 2.75) is 13.5 Å². The molecule has 0 bridgehead atoms. The molecule has 1 fully saturated rings. The highest BCUT2D eigenvalue weighted by atomic mass is 16.5. The van der Waals surface area contributed by atoms with Crippen LogP contribution in [0.4, 0.5) is 4.79 Å². The van der Waals surface area contributed by atoms with E-state index >= 15 is 0 Å². The molecule has 1 heterocycles. The molecule has 1 aliphatic rings. The van der Waals surface area contributed by atoms with Gasteiger partial charge in [-0.1, -0.05) is 37.3 Å². The summed E-state index contributed by atoms with van der Waals surface area (Å²) in [5.41, 5.74) is 1.19. The van der Waals surface area contributed by atoms with Crippen molar-refractivity contribution in [1.82, 2.24) is 10.6 Å². The van der Waals surface area contributed by atoms with Crippen molar-refractivity contribution >= 4 is 6.09 Å². The molecule has 1 aromatic rings. The molecule has 0 spiro atoms. The lowest BCUT2D eigenvalue weighted by atomic mass is 9.84. The first kappa shape index (κ1) is 11.9. The van der Waals surface area contributed by atoms with E-state index in [1.165, 1.54) is 0 Å². The van der Waals surface area contributed by atoms with Gasteiger partial charge in [0.05, 0.1) is 0 Å². The maximum Gasteiger partial charge on any atom is 0.407 e. The average molecular weight is 234 g/mol. The third-order valence-electron chi connectivity index (χ3n) is 2.98. The molecule has 2 rings (SSSR count). The maximum absolute atomic E-state index is 11.4. The van der Waals surface area contributed by atoms with E-state index in [0.29, 0.717) is 13.2 Å². The second-order valence-electron chi connectivity index (χ2n) is 4.83. The van der Waals surface area contributed by atoms with Gasteiger partial charge in [0.2, 0.25) is 0 Å². The molecule has 17 heavy (non-hydrogen) atoms. The van der Waals surface area contributed by atoms with E-state index in [4.69, 9.17) is 4.74 Å². The molecule has 0 atom stereocenters. The number of ether oxygens (including phenoxy) is 1. The number of hydrogen-bond acceptors (Lipinski definition) is 3. The van der Waals surface area contributed by atoms with Crippen LogP contribution in [0.3, 0.4) is 0 Å². The lowest BCUT2D eigenvalue weighted by molar-refractivity contribution is 0.125. The standard InChI is InChI=1S/C13H18N2O2/c1-13(8-14-9-13)10-15-12(16)17-7-11-5-3-2-4-6-11/h2-6,14H,7-10H2,1H3,(H,15,16). The number of nitrogens with one attached hydrogen (secondary N) is 2. The Balaban J connectivity index is 1.67. The second kappa shape index (κ2) is 5.19. The smallest absolute Gasteiger partial charge is 0.407 e. The molecule has 92 valence electrons. The minimum Gasteiger partial charge on any atom is -0.445 e. The van der Waals surface area contributed by atoms with E-state index in [0.717, 1.165) is 18.7 Å². The fraction of sp³-hybridized carbons (Fsp3) is 0.462. The lowest BCUT2D eigenvalue weighted by Crippen LogP contribution is -2.57. The van der Waals surface area contributed by atoms with Gasteiger partial charge in [0, 0.05) is 25.0 Å². The van der Waals surface area contributed by atoms with E-state index in [1.54, 1.807) is 0 Å². The van der Waals surface area contributed by atoms with Crippen molar-refractivity contribution in [2.75, 3.05) is 19.6 Å². The molecule has 1 saturated heterocycles. The van der Waals surface area contributed by atoms with Gasteiger partial charge >= 0.3 is 6.09 Å². The van der Waals surface area contributed by atoms with Gasteiger partial charge in [0.15, 0.2) is 0 Å². The van der Waals surface area contributed by atoms with Crippen LogP contribution in [0.1, 0.15) is 12.5 Å². The molecular weight excluding hydrogens is 216 g/mol. The van der Waals surface area contributed by atoms with E-state index in [9.17, 15) is 4.79 Å². The van der Waals surface area contributed by atoms with Gasteiger partial charge < -0.3 is 15.4 Å². The predicted molar refractivity (Wildman–Crippen MR) is 65.6 cm³/mol. The Hall–Kier alpha value is -1.55. The van der Waals surface area contributed by atoms with Gasteiger partial charge in [-0.25, -0.2) is 4.79 Å². The summed E-state index contributed by atoms with van der Waals surface area (Å²) >= 11 is 0. The molecule has 0 aromatic heterocycles. The molecule has 0 radical (unpaired) electrons. The van der Waals surface area contributed by atoms with Gasteiger partial charge in [0.25, 0.3) is 0 Å². The average Bonchev–Trinajstić information content (AvgIpc) is 2.33. The van der Waals surface area contributed by atoms with Gasteiger partial charge in [-0.2, -0.15) is 0 Å². The quantitative estimate of drug-likeness (QED) is 0.830. The van der Waals surface area contributed by atoms with Gasteiger partial charge in [-0.15, -0.1) is 0 Å². The number of alkyl carbamates (subject to hydrolysis) is 1. The minimum absolute atomic E-state index is 0.186. The number of amides is 1. The Bertz CT molecular complexity index is 374. The van der Waals surface area contributed by atoms with Crippen LogP contribution in [0.2, 0.25) is 0 Å². The zero-order chi connectivity index (χ0) is 12.1. The monoisotopic (exact) mass is 234 g/mol. The second-order valence-corrected chi connectivity index (χ2v) is 4.83. The van der Waals surface area contributed by atoms with Crippen LogP contribution in [-0.2, 0) is 11.3 Å². The first-order valence-electron chi connectivity index (χ1n) is 5.83. The Morgan fingerprint density at radius 1 is 1.41 bits per heavy atom. The Morgan fingerprint density at radius 3 is 2.71 bits per heavy atom. The fourth-order valence-electron chi connectivity index (χ4n) is 1.74. The van der Waals surface area contributed by atoms with Crippen LogP contribution in [0.15, 0.2) is 30.3 Å². The molecule has 0 aliphatic carbocycles. The van der Waals surface area contributed by atoms with Crippen molar-refractivity contribution in [3.05, 3.63) is 35.9 Å². The molecular formula is C13H18N2O2. The first-order chi connectivity index (χ1) is 8.18. The molecule has 1 amide bonds. The number of carbonyl (C=O) groups is 1. The number of benzene rings is 1. The number of carbonyl (C=O) groups excluding carboxylic acids is 1. The normalized spacial score (nSPS) is 17.0. The third-order valence-corrected chi connectivity index (χ3v) is 2.98. The summed E-state index contributed by atoms with van der Waals surface area (Å²) in [7, 11) is 0. The summed E-state index contributed by atoms with van der Waals surface area (Å²) in [6, 6.07) is 9.66. The van der Waals surface area contributed by atoms with Gasteiger partial charge in [-0.3, -0.25) is 0 Å². The van der Waals surface area contributed by atoms with Crippen LogP contribution in [0.25, 0.3) is 0 Å². The summed E-state index contributed by atoms with van der Waals surface area (Å²) in [6.45, 7) is 5.02. The van der Waals surface area contributed by atoms with E-state index in [1.807, 2.05) is 30.3 Å². The predicted octanol–water partition coefficient (Wildman–Crippen LogP) is 1.52. The summed E-state index contributed by atoms with van der Waals surface area (Å²) in [6.07, 6.45) is -0.345. The van der Waals surface area contributed by atoms with Gasteiger partial charge in [0.1, 0.15) is 6.61 Å². The highest BCUT2D eigenvalue weighted by Gasteiger charge is 2.31. The topological polar surface area (TPSA) is 50.4 Å². The summed E-state index contributed by atoms with van der Waals surface area (Å²) < 4.78 is 5.12. The Labute approximate surface area is 101 Å². The molecule has 0 unspecified atom stereocenters. The SMILES string of the molecule is CC1(CNC(=O)OCc2ccccc2)CNC1. The Kier molecular flexibility index (Phi) is 3.64. The summed E-state index contributed by atoms with van der Waals surface area (Å²) in [4.78, 5) is 11.4. The molecule has 4 heteroatoms. The van der Waals surface area contributed by atoms with Crippen LogP contribution >= 0.6 is 0 Å². The van der Waals surface area contributed by atoms with Gasteiger partial charge in [-0.05, 0) is 5.56 Å². The third kappa shape index (κ3) is 3.46. The summed E-state index contributed by atoms with van der Waals surface area (Å²) in [5.74, 6) is 0. The molecule has 1 aromatic carbocycles. The van der Waals surface area contributed by atoms with E-state index < -0.39 is 0 Å². The van der Waals surface area contributed by atoms with Crippen molar-refractivity contribution in [2.24, 2.45) is 5.41 Å². The van der Waals surface area contributed by atoms with Crippen LogP contribution < -0.4 is 10.6 Å². The number of hydrogen-bond donors (Lipinski definition) is 2. The molecule has 1 aliphatic heterocycles. The fourth-order valence-corrected chi connectivity index (χ4v) is 1.74. The van der Waals surface area contributed by atoms with Crippen molar-refractivity contribution in [3.63, 3.8) is 0 Å². The Morgan fingerprint density at radius 2 is 2.12 bits per heavy atom. The zero-order valence-electron chi connectivity index (χ0n) is 10.0. The van der Waals surface area contributed by atoms with Crippen molar-refractivity contribution < 1.29 is 9.53 Å². The van der Waals surface area contributed by atoms with Crippen molar-refractivity contribution in [3.8, 4) is 0 Å². The number of rotatable bonds is 4. The molecule has 0 saturated carbocycles. The summed E-state index contributed by atoms with van der Waals surface area (Å²) in [5, 5.41) is 5.99. The van der Waals surface area contributed by atoms with Crippen LogP contribution in [0.5, 0.6) is 0 Å². The van der Waals surface area contributed by atoms with Crippen LogP contribution in [-0.4, -0.2) is 25.7 Å². The van der Waals surface area contributed by atoms with Crippen molar-refractivity contribution in [1.29, 1.82) is 0 Å². The van der Waals surface area contributed by atoms with Crippen LogP contribution in [0, 0.1) is 5.41 Å². The van der Waals surface area contributed by atoms with E-state index in [2.05, 4.69) is 17.6 Å². The first-order valence-corrected chi connectivity index (χ1v) is 5.83. The zero-order valence-corrected chi connectivity index (χ0v) is 10.0. The highest BCUT2D eigenvalue weighted by molar-refractivity contribution is 5.67. The maximum atomic E-state index is 11.4. The molecule has 4 nitrogen and oxygen atoms in total. The minimum atomic E-state index is -0.345. The lowest BCUT2D eigenvalue weighted by Gasteiger charge is -2.39.